The molecule has 0 aromatic carbocycles. The standard InChI is InChI=1S/C12H23N3O4S2/c1-8(2)11(13)12(17)14-6-9(16)15-4-5-20-7-10(15)21(3,18)19/h8,10-11H,4-7,13H2,1-3H3,(H,14,17)/t10?,11-/m0/s1. The minimum atomic E-state index is -3.34. The van der Waals surface area contributed by atoms with E-state index in [2.05, 4.69) is 5.32 Å². The monoisotopic (exact) mass is 337 g/mol. The highest BCUT2D eigenvalue weighted by Crippen LogP contribution is 2.20. The van der Waals surface area contributed by atoms with Crippen molar-refractivity contribution in [1.82, 2.24) is 10.2 Å². The number of nitrogens with one attached hydrogen (secondary N) is 1. The molecule has 0 aromatic rings. The molecule has 2 atom stereocenters. The fourth-order valence-electron chi connectivity index (χ4n) is 1.91. The molecule has 0 spiro atoms. The first-order valence-corrected chi connectivity index (χ1v) is 9.85. The second-order valence-corrected chi connectivity index (χ2v) is 8.79. The first-order valence-electron chi connectivity index (χ1n) is 6.74. The fourth-order valence-corrected chi connectivity index (χ4v) is 4.74. The van der Waals surface area contributed by atoms with Gasteiger partial charge in [-0.25, -0.2) is 8.42 Å². The van der Waals surface area contributed by atoms with Crippen molar-refractivity contribution in [3.8, 4) is 0 Å². The third-order valence-corrected chi connectivity index (χ3v) is 5.98. The Bertz CT molecular complexity index is 493. The largest absolute Gasteiger partial charge is 0.346 e. The molecule has 9 heteroatoms. The van der Waals surface area contributed by atoms with Crippen molar-refractivity contribution in [2.45, 2.75) is 25.3 Å². The average Bonchev–Trinajstić information content (AvgIpc) is 2.42. The van der Waals surface area contributed by atoms with Crippen LogP contribution in [-0.4, -0.2) is 67.4 Å². The van der Waals surface area contributed by atoms with Crippen LogP contribution in [0.5, 0.6) is 0 Å². The molecule has 2 amide bonds. The number of nitrogens with two attached hydrogens (primary N) is 1. The summed E-state index contributed by atoms with van der Waals surface area (Å²) in [5.74, 6) is 0.229. The third-order valence-electron chi connectivity index (χ3n) is 3.33. The summed E-state index contributed by atoms with van der Waals surface area (Å²) in [6.07, 6.45) is 1.12. The highest BCUT2D eigenvalue weighted by atomic mass is 32.2. The molecule has 7 nitrogen and oxygen atoms in total. The normalized spacial score (nSPS) is 21.2. The average molecular weight is 337 g/mol. The molecule has 122 valence electrons. The molecule has 1 heterocycles. The van der Waals surface area contributed by atoms with Crippen LogP contribution in [0.3, 0.4) is 0 Å². The van der Waals surface area contributed by atoms with E-state index in [0.29, 0.717) is 18.1 Å². The molecular weight excluding hydrogens is 314 g/mol. The number of rotatable bonds is 5. The molecule has 1 unspecified atom stereocenters. The zero-order valence-electron chi connectivity index (χ0n) is 12.5. The first-order chi connectivity index (χ1) is 9.64. The van der Waals surface area contributed by atoms with E-state index in [1.54, 1.807) is 0 Å². The number of sulfone groups is 1. The van der Waals surface area contributed by atoms with E-state index in [4.69, 9.17) is 5.73 Å². The van der Waals surface area contributed by atoms with Gasteiger partial charge in [0, 0.05) is 24.3 Å². The Morgan fingerprint density at radius 2 is 2.05 bits per heavy atom. The third kappa shape index (κ3) is 5.15. The summed E-state index contributed by atoms with van der Waals surface area (Å²) in [6, 6.07) is -0.680. The number of hydrogen-bond acceptors (Lipinski definition) is 6. The molecule has 0 bridgehead atoms. The minimum absolute atomic E-state index is 0.0322. The number of amides is 2. The van der Waals surface area contributed by atoms with Crippen molar-refractivity contribution in [3.63, 3.8) is 0 Å². The molecule has 3 N–H and O–H groups in total. The van der Waals surface area contributed by atoms with Gasteiger partial charge in [0.1, 0.15) is 5.37 Å². The van der Waals surface area contributed by atoms with Crippen LogP contribution in [-0.2, 0) is 19.4 Å². The molecule has 0 aliphatic carbocycles. The van der Waals surface area contributed by atoms with Crippen LogP contribution in [0.15, 0.2) is 0 Å². The van der Waals surface area contributed by atoms with Crippen LogP contribution in [0, 0.1) is 5.92 Å². The van der Waals surface area contributed by atoms with Crippen molar-refractivity contribution < 1.29 is 18.0 Å². The van der Waals surface area contributed by atoms with E-state index in [1.807, 2.05) is 13.8 Å². The Morgan fingerprint density at radius 1 is 1.43 bits per heavy atom. The van der Waals surface area contributed by atoms with Crippen molar-refractivity contribution in [3.05, 3.63) is 0 Å². The summed E-state index contributed by atoms with van der Waals surface area (Å²) in [4.78, 5) is 25.2. The molecular formula is C12H23N3O4S2. The molecule has 0 aromatic heterocycles. The van der Waals surface area contributed by atoms with Crippen LogP contribution in [0.2, 0.25) is 0 Å². The van der Waals surface area contributed by atoms with Crippen LogP contribution in [0.25, 0.3) is 0 Å². The van der Waals surface area contributed by atoms with Gasteiger partial charge in [-0.3, -0.25) is 9.59 Å². The van der Waals surface area contributed by atoms with E-state index >= 15 is 0 Å². The maximum Gasteiger partial charge on any atom is 0.243 e. The number of hydrogen-bond donors (Lipinski definition) is 2. The molecule has 21 heavy (non-hydrogen) atoms. The molecule has 0 saturated carbocycles. The second kappa shape index (κ2) is 7.46. The van der Waals surface area contributed by atoms with Gasteiger partial charge in [-0.2, -0.15) is 11.8 Å². The smallest absolute Gasteiger partial charge is 0.243 e. The summed E-state index contributed by atoms with van der Waals surface area (Å²) < 4.78 is 23.4. The Labute approximate surface area is 129 Å². The number of thioether (sulfide) groups is 1. The van der Waals surface area contributed by atoms with Gasteiger partial charge in [-0.05, 0) is 5.92 Å². The molecule has 1 rings (SSSR count). The summed E-state index contributed by atoms with van der Waals surface area (Å²) in [6.45, 7) is 3.77. The van der Waals surface area contributed by atoms with Gasteiger partial charge in [0.15, 0.2) is 9.84 Å². The number of carbonyl (C=O) groups is 2. The minimum Gasteiger partial charge on any atom is -0.346 e. The predicted molar refractivity (Wildman–Crippen MR) is 83.5 cm³/mol. The van der Waals surface area contributed by atoms with E-state index in [1.165, 1.54) is 16.7 Å². The van der Waals surface area contributed by atoms with Gasteiger partial charge in [0.2, 0.25) is 11.8 Å². The number of carbonyl (C=O) groups excluding carboxylic acids is 2. The van der Waals surface area contributed by atoms with Crippen LogP contribution < -0.4 is 11.1 Å². The lowest BCUT2D eigenvalue weighted by Gasteiger charge is -2.34. The van der Waals surface area contributed by atoms with Crippen molar-refractivity contribution in [2.75, 3.05) is 30.9 Å². The van der Waals surface area contributed by atoms with Crippen molar-refractivity contribution in [2.24, 2.45) is 11.7 Å². The van der Waals surface area contributed by atoms with E-state index < -0.39 is 33.1 Å². The Morgan fingerprint density at radius 3 is 2.57 bits per heavy atom. The van der Waals surface area contributed by atoms with Crippen LogP contribution in [0.1, 0.15) is 13.8 Å². The van der Waals surface area contributed by atoms with Gasteiger partial charge in [-0.1, -0.05) is 13.8 Å². The Kier molecular flexibility index (Phi) is 6.48. The SMILES string of the molecule is CC(C)[C@H](N)C(=O)NCC(=O)N1CCSCC1S(C)(=O)=O. The zero-order valence-corrected chi connectivity index (χ0v) is 14.2. The highest BCUT2D eigenvalue weighted by Gasteiger charge is 2.34. The van der Waals surface area contributed by atoms with E-state index in [9.17, 15) is 18.0 Å². The summed E-state index contributed by atoms with van der Waals surface area (Å²) >= 11 is 1.50. The van der Waals surface area contributed by atoms with Gasteiger partial charge >= 0.3 is 0 Å². The van der Waals surface area contributed by atoms with Crippen LogP contribution >= 0.6 is 11.8 Å². The van der Waals surface area contributed by atoms with Crippen molar-refractivity contribution in [1.29, 1.82) is 0 Å². The first kappa shape index (κ1) is 18.2. The quantitative estimate of drug-likeness (QED) is 0.668. The topological polar surface area (TPSA) is 110 Å². The lowest BCUT2D eigenvalue weighted by atomic mass is 10.1. The van der Waals surface area contributed by atoms with Crippen LogP contribution in [0.4, 0.5) is 0 Å². The second-order valence-electron chi connectivity index (χ2n) is 5.43. The van der Waals surface area contributed by atoms with Gasteiger partial charge in [-0.15, -0.1) is 0 Å². The Hall–Kier alpha value is -0.800. The highest BCUT2D eigenvalue weighted by molar-refractivity contribution is 8.00. The summed E-state index contributed by atoms with van der Waals surface area (Å²) in [5, 5.41) is 1.66. The zero-order chi connectivity index (χ0) is 16.2. The van der Waals surface area contributed by atoms with Gasteiger partial charge in [0.05, 0.1) is 12.6 Å². The maximum absolute atomic E-state index is 12.1. The lowest BCUT2D eigenvalue weighted by Crippen LogP contribution is -2.54. The summed E-state index contributed by atoms with van der Waals surface area (Å²) in [5.41, 5.74) is 5.69. The lowest BCUT2D eigenvalue weighted by molar-refractivity contribution is -0.133. The number of nitrogens with zero attached hydrogens (tertiary/aromatic N) is 1. The molecule has 1 aliphatic heterocycles. The van der Waals surface area contributed by atoms with Gasteiger partial charge in [0.25, 0.3) is 0 Å². The Balaban J connectivity index is 2.63. The predicted octanol–water partition coefficient (Wildman–Crippen LogP) is -0.968. The van der Waals surface area contributed by atoms with Gasteiger partial charge < -0.3 is 16.0 Å². The van der Waals surface area contributed by atoms with E-state index in [0.717, 1.165) is 6.26 Å². The molecule has 1 aliphatic rings. The van der Waals surface area contributed by atoms with E-state index in [-0.39, 0.29) is 12.5 Å². The fraction of sp³-hybridized carbons (Fsp3) is 0.833. The summed E-state index contributed by atoms with van der Waals surface area (Å²) in [7, 11) is -3.34. The molecule has 1 saturated heterocycles. The molecule has 1 fully saturated rings. The van der Waals surface area contributed by atoms with Crippen molar-refractivity contribution >= 4 is 33.4 Å². The maximum atomic E-state index is 12.1. The molecule has 0 radical (unpaired) electrons.